The van der Waals surface area contributed by atoms with Crippen LogP contribution in [0.15, 0.2) is 66.7 Å². The van der Waals surface area contributed by atoms with Crippen LogP contribution in [0.3, 0.4) is 0 Å². The zero-order chi connectivity index (χ0) is 25.4. The molecule has 0 radical (unpaired) electrons. The van der Waals surface area contributed by atoms with E-state index < -0.39 is 18.0 Å². The van der Waals surface area contributed by atoms with Crippen molar-refractivity contribution < 1.29 is 28.7 Å². The lowest BCUT2D eigenvalue weighted by atomic mass is 9.83. The molecule has 1 saturated heterocycles. The van der Waals surface area contributed by atoms with Crippen molar-refractivity contribution in [3.63, 3.8) is 0 Å². The van der Waals surface area contributed by atoms with E-state index in [4.69, 9.17) is 4.74 Å². The molecule has 1 atom stereocenters. The van der Waals surface area contributed by atoms with Crippen LogP contribution in [0.5, 0.6) is 0 Å². The predicted molar refractivity (Wildman–Crippen MR) is 131 cm³/mol. The Morgan fingerprint density at radius 3 is 2.19 bits per heavy atom. The molecular formula is C28H22N2O6. The minimum atomic E-state index is -1.17. The van der Waals surface area contributed by atoms with Gasteiger partial charge in [-0.1, -0.05) is 36.4 Å². The average Bonchev–Trinajstić information content (AvgIpc) is 3.33. The van der Waals surface area contributed by atoms with Gasteiger partial charge >= 0.3 is 5.97 Å². The molecule has 1 heterocycles. The largest absolute Gasteiger partial charge is 0.449 e. The van der Waals surface area contributed by atoms with E-state index in [0.717, 1.165) is 6.42 Å². The Bertz CT molecular complexity index is 1430. The molecule has 0 spiro atoms. The van der Waals surface area contributed by atoms with Gasteiger partial charge in [-0.05, 0) is 43.7 Å². The number of ether oxygens (including phenoxy) is 1. The number of hydrogen-bond acceptors (Lipinski definition) is 6. The van der Waals surface area contributed by atoms with Crippen molar-refractivity contribution in [3.8, 4) is 0 Å². The van der Waals surface area contributed by atoms with Crippen LogP contribution in [0.1, 0.15) is 62.0 Å². The van der Waals surface area contributed by atoms with Crippen molar-refractivity contribution in [3.05, 3.63) is 94.5 Å². The zero-order valence-electron chi connectivity index (χ0n) is 19.4. The van der Waals surface area contributed by atoms with Gasteiger partial charge in [0.15, 0.2) is 17.7 Å². The zero-order valence-corrected chi connectivity index (χ0v) is 19.4. The summed E-state index contributed by atoms with van der Waals surface area (Å²) in [6, 6.07) is 17.6. The summed E-state index contributed by atoms with van der Waals surface area (Å²) in [5, 5.41) is 2.63. The third-order valence-corrected chi connectivity index (χ3v) is 6.35. The SMILES string of the molecule is CC(OC(=O)c1ccc(N2CCCC2=O)cc1)C(=O)Nc1cccc2c1C(=O)c1ccccc1C2=O. The quantitative estimate of drug-likeness (QED) is 0.434. The van der Waals surface area contributed by atoms with Gasteiger partial charge in [0.2, 0.25) is 5.91 Å². The highest BCUT2D eigenvalue weighted by Gasteiger charge is 2.32. The number of nitrogens with zero attached hydrogens (tertiary/aromatic N) is 1. The molecule has 1 unspecified atom stereocenters. The fourth-order valence-electron chi connectivity index (χ4n) is 4.46. The van der Waals surface area contributed by atoms with Crippen molar-refractivity contribution in [1.29, 1.82) is 0 Å². The van der Waals surface area contributed by atoms with Gasteiger partial charge in [0, 0.05) is 35.3 Å². The highest BCUT2D eigenvalue weighted by Crippen LogP contribution is 2.32. The number of ketones is 2. The average molecular weight is 482 g/mol. The molecule has 5 rings (SSSR count). The number of fused-ring (bicyclic) bond motifs is 2. The fraction of sp³-hybridized carbons (Fsp3) is 0.179. The van der Waals surface area contributed by atoms with Crippen LogP contribution in [0.25, 0.3) is 0 Å². The molecule has 0 aromatic heterocycles. The molecule has 1 aliphatic heterocycles. The molecule has 180 valence electrons. The van der Waals surface area contributed by atoms with Gasteiger partial charge < -0.3 is 15.0 Å². The van der Waals surface area contributed by atoms with E-state index in [0.29, 0.717) is 24.2 Å². The molecule has 0 bridgehead atoms. The molecule has 1 aliphatic carbocycles. The molecule has 1 N–H and O–H groups in total. The van der Waals surface area contributed by atoms with E-state index in [1.807, 2.05) is 0 Å². The second-order valence-electron chi connectivity index (χ2n) is 8.66. The molecule has 2 amide bonds. The van der Waals surface area contributed by atoms with E-state index >= 15 is 0 Å². The van der Waals surface area contributed by atoms with Gasteiger partial charge in [-0.2, -0.15) is 0 Å². The molecule has 0 saturated carbocycles. The second kappa shape index (κ2) is 9.22. The first kappa shape index (κ1) is 23.2. The van der Waals surface area contributed by atoms with Crippen LogP contribution < -0.4 is 10.2 Å². The third kappa shape index (κ3) is 4.07. The first-order valence-electron chi connectivity index (χ1n) is 11.6. The summed E-state index contributed by atoms with van der Waals surface area (Å²) in [5.41, 5.74) is 2.02. The number of esters is 1. The minimum absolute atomic E-state index is 0.0439. The monoisotopic (exact) mass is 482 g/mol. The Morgan fingerprint density at radius 2 is 1.53 bits per heavy atom. The molecule has 8 heteroatoms. The Kier molecular flexibility index (Phi) is 5.93. The van der Waals surface area contributed by atoms with Gasteiger partial charge in [0.1, 0.15) is 0 Å². The number of nitrogens with one attached hydrogen (secondary N) is 1. The van der Waals surface area contributed by atoms with Crippen molar-refractivity contribution in [2.45, 2.75) is 25.9 Å². The molecular weight excluding hydrogens is 460 g/mol. The normalized spacial score (nSPS) is 15.2. The van der Waals surface area contributed by atoms with Gasteiger partial charge in [-0.3, -0.25) is 19.2 Å². The smallest absolute Gasteiger partial charge is 0.338 e. The molecule has 1 fully saturated rings. The first-order valence-corrected chi connectivity index (χ1v) is 11.6. The Morgan fingerprint density at radius 1 is 0.861 bits per heavy atom. The van der Waals surface area contributed by atoms with E-state index in [-0.39, 0.29) is 45.4 Å². The molecule has 36 heavy (non-hydrogen) atoms. The molecule has 3 aromatic carbocycles. The van der Waals surface area contributed by atoms with E-state index in [2.05, 4.69) is 5.32 Å². The highest BCUT2D eigenvalue weighted by atomic mass is 16.5. The molecule has 3 aromatic rings. The highest BCUT2D eigenvalue weighted by molar-refractivity contribution is 6.30. The predicted octanol–water partition coefficient (Wildman–Crippen LogP) is 3.77. The summed E-state index contributed by atoms with van der Waals surface area (Å²) in [7, 11) is 0. The van der Waals surface area contributed by atoms with Gasteiger partial charge in [-0.25, -0.2) is 4.79 Å². The summed E-state index contributed by atoms with van der Waals surface area (Å²) in [6.45, 7) is 2.06. The summed E-state index contributed by atoms with van der Waals surface area (Å²) < 4.78 is 5.32. The number of amides is 2. The van der Waals surface area contributed by atoms with Crippen molar-refractivity contribution >= 4 is 40.7 Å². The van der Waals surface area contributed by atoms with E-state index in [1.54, 1.807) is 65.6 Å². The van der Waals surface area contributed by atoms with Crippen LogP contribution >= 0.6 is 0 Å². The summed E-state index contributed by atoms with van der Waals surface area (Å²) in [5.74, 6) is -1.96. The van der Waals surface area contributed by atoms with Crippen LogP contribution in [-0.2, 0) is 14.3 Å². The van der Waals surface area contributed by atoms with E-state index in [1.165, 1.54) is 13.0 Å². The fourth-order valence-corrected chi connectivity index (χ4v) is 4.46. The second-order valence-corrected chi connectivity index (χ2v) is 8.66. The third-order valence-electron chi connectivity index (χ3n) is 6.35. The van der Waals surface area contributed by atoms with Crippen LogP contribution in [0, 0.1) is 0 Å². The first-order chi connectivity index (χ1) is 17.3. The Balaban J connectivity index is 1.29. The lowest BCUT2D eigenvalue weighted by Gasteiger charge is -2.21. The van der Waals surface area contributed by atoms with Crippen LogP contribution in [0.2, 0.25) is 0 Å². The number of rotatable bonds is 5. The number of anilines is 2. The van der Waals surface area contributed by atoms with Gasteiger partial charge in [0.05, 0.1) is 16.8 Å². The molecule has 2 aliphatic rings. The summed E-state index contributed by atoms with van der Waals surface area (Å²) >= 11 is 0. The maximum Gasteiger partial charge on any atom is 0.338 e. The Labute approximate surface area is 206 Å². The summed E-state index contributed by atoms with van der Waals surface area (Å²) in [4.78, 5) is 65.0. The number of carbonyl (C=O) groups is 5. The molecule has 8 nitrogen and oxygen atoms in total. The van der Waals surface area contributed by atoms with E-state index in [9.17, 15) is 24.0 Å². The van der Waals surface area contributed by atoms with Crippen LogP contribution in [0.4, 0.5) is 11.4 Å². The van der Waals surface area contributed by atoms with Crippen molar-refractivity contribution in [1.82, 2.24) is 0 Å². The number of carbonyl (C=O) groups excluding carboxylic acids is 5. The maximum atomic E-state index is 13.1. The topological polar surface area (TPSA) is 110 Å². The lowest BCUT2D eigenvalue weighted by Crippen LogP contribution is -2.31. The van der Waals surface area contributed by atoms with Crippen LogP contribution in [-0.4, -0.2) is 42.0 Å². The summed E-state index contributed by atoms with van der Waals surface area (Å²) in [6.07, 6.45) is 0.134. The van der Waals surface area contributed by atoms with Gasteiger partial charge in [-0.15, -0.1) is 0 Å². The lowest BCUT2D eigenvalue weighted by molar-refractivity contribution is -0.123. The minimum Gasteiger partial charge on any atom is -0.449 e. The number of hydrogen-bond donors (Lipinski definition) is 1. The van der Waals surface area contributed by atoms with Gasteiger partial charge in [0.25, 0.3) is 5.91 Å². The maximum absolute atomic E-state index is 13.1. The number of benzene rings is 3. The van der Waals surface area contributed by atoms with Crippen molar-refractivity contribution in [2.75, 3.05) is 16.8 Å². The van der Waals surface area contributed by atoms with Crippen molar-refractivity contribution in [2.24, 2.45) is 0 Å². The Hall–Kier alpha value is -4.59. The standard InChI is InChI=1S/C28H22N2O6/c1-16(36-28(35)17-11-13-18(14-12-17)30-15-5-10-23(30)31)27(34)29-22-9-4-8-21-24(22)26(33)20-7-3-2-6-19(20)25(21)32/h2-4,6-9,11-14,16H,5,10,15H2,1H3,(H,29,34).